The van der Waals surface area contributed by atoms with E-state index in [4.69, 9.17) is 0 Å². The van der Waals surface area contributed by atoms with Crippen molar-refractivity contribution in [1.29, 1.82) is 0 Å². The summed E-state index contributed by atoms with van der Waals surface area (Å²) in [5.74, 6) is -0.171. The van der Waals surface area contributed by atoms with Gasteiger partial charge in [0.25, 0.3) is 0 Å². The summed E-state index contributed by atoms with van der Waals surface area (Å²) in [4.78, 5) is 9.46. The highest BCUT2D eigenvalue weighted by atomic mass is 32.2. The fourth-order valence-electron chi connectivity index (χ4n) is 1.91. The first-order chi connectivity index (χ1) is 9.72. The van der Waals surface area contributed by atoms with Gasteiger partial charge in [0.05, 0.1) is 0 Å². The summed E-state index contributed by atoms with van der Waals surface area (Å²) >= 11 is 1.41. The molecule has 1 saturated carbocycles. The van der Waals surface area contributed by atoms with E-state index < -0.39 is 0 Å². The number of aromatic nitrogens is 2. The van der Waals surface area contributed by atoms with Crippen molar-refractivity contribution in [2.45, 2.75) is 42.4 Å². The van der Waals surface area contributed by atoms with E-state index in [9.17, 15) is 4.39 Å². The number of benzene rings is 1. The van der Waals surface area contributed by atoms with Gasteiger partial charge in [0.2, 0.25) is 0 Å². The lowest BCUT2D eigenvalue weighted by atomic mass is 10.2. The molecule has 0 radical (unpaired) electrons. The van der Waals surface area contributed by atoms with Gasteiger partial charge in [0, 0.05) is 34.9 Å². The molecule has 1 aromatic heterocycles. The highest BCUT2D eigenvalue weighted by molar-refractivity contribution is 7.99. The largest absolute Gasteiger partial charge is 0.310 e. The Balaban J connectivity index is 1.82. The Labute approximate surface area is 122 Å². The van der Waals surface area contributed by atoms with Gasteiger partial charge in [-0.15, -0.1) is 0 Å². The van der Waals surface area contributed by atoms with Gasteiger partial charge in [-0.1, -0.05) is 6.07 Å². The molecule has 1 aromatic carbocycles. The molecule has 0 bridgehead atoms. The molecule has 0 amide bonds. The summed E-state index contributed by atoms with van der Waals surface area (Å²) in [5, 5.41) is 4.01. The molecule has 1 heterocycles. The van der Waals surface area contributed by atoms with Crippen molar-refractivity contribution in [3.63, 3.8) is 0 Å². The van der Waals surface area contributed by atoms with E-state index in [1.165, 1.54) is 30.7 Å². The molecule has 1 N–H and O–H groups in total. The van der Waals surface area contributed by atoms with Gasteiger partial charge in [-0.2, -0.15) is 0 Å². The predicted octanol–water partition coefficient (Wildman–Crippen LogP) is 3.33. The van der Waals surface area contributed by atoms with Crippen LogP contribution in [-0.4, -0.2) is 16.0 Å². The monoisotopic (exact) mass is 289 g/mol. The number of nitrogens with one attached hydrogen (secondary N) is 1. The molecule has 1 fully saturated rings. The third kappa shape index (κ3) is 3.35. The maximum atomic E-state index is 14.0. The fourth-order valence-corrected chi connectivity index (χ4v) is 2.85. The molecular formula is C15H16FN3S. The van der Waals surface area contributed by atoms with E-state index in [0.29, 0.717) is 23.3 Å². The van der Waals surface area contributed by atoms with E-state index in [0.717, 1.165) is 10.6 Å². The molecule has 0 spiro atoms. The van der Waals surface area contributed by atoms with Crippen LogP contribution in [0.25, 0.3) is 0 Å². The fraction of sp³-hybridized carbons (Fsp3) is 0.333. The number of aryl methyl sites for hydroxylation is 1. The molecule has 3 nitrogen and oxygen atoms in total. The first-order valence-corrected chi connectivity index (χ1v) is 7.52. The van der Waals surface area contributed by atoms with Crippen molar-refractivity contribution >= 4 is 11.8 Å². The lowest BCUT2D eigenvalue weighted by Gasteiger charge is -2.10. The third-order valence-electron chi connectivity index (χ3n) is 3.19. The Morgan fingerprint density at radius 3 is 2.95 bits per heavy atom. The van der Waals surface area contributed by atoms with E-state index in [2.05, 4.69) is 15.3 Å². The Bertz CT molecular complexity index is 614. The van der Waals surface area contributed by atoms with Crippen molar-refractivity contribution < 1.29 is 4.39 Å². The Morgan fingerprint density at radius 2 is 2.20 bits per heavy atom. The van der Waals surface area contributed by atoms with Gasteiger partial charge in [-0.05, 0) is 49.7 Å². The minimum atomic E-state index is -0.171. The number of nitrogens with zero attached hydrogens (tertiary/aromatic N) is 2. The summed E-state index contributed by atoms with van der Waals surface area (Å²) in [6.45, 7) is 2.48. The number of hydrogen-bond donors (Lipinski definition) is 1. The molecule has 104 valence electrons. The average Bonchev–Trinajstić information content (AvgIpc) is 3.22. The summed E-state index contributed by atoms with van der Waals surface area (Å²) < 4.78 is 14.0. The standard InChI is InChI=1S/C15H16FN3S/c1-10-7-8-17-15(19-10)20-14-4-2-3-13(16)12(14)9-18-11-5-6-11/h2-4,7-8,11,18H,5-6,9H2,1H3. The van der Waals surface area contributed by atoms with Crippen LogP contribution in [0, 0.1) is 12.7 Å². The Kier molecular flexibility index (Phi) is 3.98. The second kappa shape index (κ2) is 5.89. The highest BCUT2D eigenvalue weighted by Crippen LogP contribution is 2.30. The molecule has 0 aliphatic heterocycles. The maximum absolute atomic E-state index is 14.0. The van der Waals surface area contributed by atoms with Crippen LogP contribution in [0.3, 0.4) is 0 Å². The van der Waals surface area contributed by atoms with Gasteiger partial charge in [0.15, 0.2) is 5.16 Å². The molecule has 0 saturated heterocycles. The van der Waals surface area contributed by atoms with Crippen LogP contribution in [0.2, 0.25) is 0 Å². The molecule has 0 unspecified atom stereocenters. The summed E-state index contributed by atoms with van der Waals surface area (Å²) in [6, 6.07) is 7.57. The van der Waals surface area contributed by atoms with E-state index in [1.807, 2.05) is 19.1 Å². The zero-order valence-corrected chi connectivity index (χ0v) is 12.1. The summed E-state index contributed by atoms with van der Waals surface area (Å²) in [5.41, 5.74) is 1.62. The van der Waals surface area contributed by atoms with Crippen molar-refractivity contribution in [3.8, 4) is 0 Å². The molecule has 0 atom stereocenters. The molecule has 1 aliphatic carbocycles. The molecule has 3 rings (SSSR count). The predicted molar refractivity (Wildman–Crippen MR) is 77.2 cm³/mol. The van der Waals surface area contributed by atoms with Gasteiger partial charge < -0.3 is 5.32 Å². The maximum Gasteiger partial charge on any atom is 0.192 e. The first-order valence-electron chi connectivity index (χ1n) is 6.70. The van der Waals surface area contributed by atoms with Crippen LogP contribution < -0.4 is 5.32 Å². The van der Waals surface area contributed by atoms with E-state index >= 15 is 0 Å². The van der Waals surface area contributed by atoms with E-state index in [-0.39, 0.29) is 5.82 Å². The second-order valence-corrected chi connectivity index (χ2v) is 5.96. The van der Waals surface area contributed by atoms with Gasteiger partial charge >= 0.3 is 0 Å². The van der Waals surface area contributed by atoms with Crippen molar-refractivity contribution in [2.24, 2.45) is 0 Å². The van der Waals surface area contributed by atoms with Crippen LogP contribution >= 0.6 is 11.8 Å². The van der Waals surface area contributed by atoms with Crippen LogP contribution in [0.1, 0.15) is 24.1 Å². The molecule has 1 aliphatic rings. The van der Waals surface area contributed by atoms with Crippen LogP contribution in [0.15, 0.2) is 40.5 Å². The normalized spacial score (nSPS) is 14.5. The van der Waals surface area contributed by atoms with Crippen molar-refractivity contribution in [2.75, 3.05) is 0 Å². The topological polar surface area (TPSA) is 37.8 Å². The van der Waals surface area contributed by atoms with Gasteiger partial charge in [0.1, 0.15) is 5.82 Å². The number of rotatable bonds is 5. The van der Waals surface area contributed by atoms with Crippen LogP contribution in [-0.2, 0) is 6.54 Å². The molecule has 2 aromatic rings. The average molecular weight is 289 g/mol. The smallest absolute Gasteiger partial charge is 0.192 e. The minimum absolute atomic E-state index is 0.171. The minimum Gasteiger partial charge on any atom is -0.310 e. The third-order valence-corrected chi connectivity index (χ3v) is 4.18. The number of hydrogen-bond acceptors (Lipinski definition) is 4. The first kappa shape index (κ1) is 13.5. The summed E-state index contributed by atoms with van der Waals surface area (Å²) in [7, 11) is 0. The molecular weight excluding hydrogens is 273 g/mol. The zero-order chi connectivity index (χ0) is 13.9. The quantitative estimate of drug-likeness (QED) is 0.857. The zero-order valence-electron chi connectivity index (χ0n) is 11.3. The van der Waals surface area contributed by atoms with Crippen molar-refractivity contribution in [3.05, 3.63) is 47.5 Å². The van der Waals surface area contributed by atoms with Gasteiger partial charge in [-0.3, -0.25) is 0 Å². The van der Waals surface area contributed by atoms with Crippen LogP contribution in [0.4, 0.5) is 4.39 Å². The molecule has 5 heteroatoms. The Morgan fingerprint density at radius 1 is 1.35 bits per heavy atom. The highest BCUT2D eigenvalue weighted by Gasteiger charge is 2.21. The summed E-state index contributed by atoms with van der Waals surface area (Å²) in [6.07, 6.45) is 4.11. The molecule has 20 heavy (non-hydrogen) atoms. The lowest BCUT2D eigenvalue weighted by molar-refractivity contribution is 0.579. The van der Waals surface area contributed by atoms with Crippen molar-refractivity contribution in [1.82, 2.24) is 15.3 Å². The number of halogens is 1. The van der Waals surface area contributed by atoms with E-state index in [1.54, 1.807) is 12.3 Å². The van der Waals surface area contributed by atoms with Gasteiger partial charge in [-0.25, -0.2) is 14.4 Å². The lowest BCUT2D eigenvalue weighted by Crippen LogP contribution is -2.17. The Hall–Kier alpha value is -1.46. The SMILES string of the molecule is Cc1ccnc(Sc2cccc(F)c2CNC2CC2)n1. The van der Waals surface area contributed by atoms with Crippen LogP contribution in [0.5, 0.6) is 0 Å². The second-order valence-electron chi connectivity index (χ2n) is 4.95.